The number of rotatable bonds is 3. The molecule has 0 atom stereocenters. The van der Waals surface area contributed by atoms with Crippen molar-refractivity contribution >= 4 is 36.8 Å². The van der Waals surface area contributed by atoms with Crippen molar-refractivity contribution in [1.82, 2.24) is 15.0 Å². The number of alkyl halides is 3. The maximum absolute atomic E-state index is 14.7. The van der Waals surface area contributed by atoms with Crippen molar-refractivity contribution < 1.29 is 26.0 Å². The molecule has 0 radical (unpaired) electrons. The molecule has 3 aromatic rings. The van der Waals surface area contributed by atoms with Crippen LogP contribution in [0.5, 0.6) is 0 Å². The lowest BCUT2D eigenvalue weighted by Crippen LogP contribution is -2.07. The largest absolute Gasteiger partial charge is 0.417 e. The van der Waals surface area contributed by atoms with Crippen LogP contribution in [-0.4, -0.2) is 29.1 Å². The number of aromatic nitrogens is 3. The Morgan fingerprint density at radius 3 is 2.50 bits per heavy atom. The van der Waals surface area contributed by atoms with Crippen LogP contribution in [0, 0.1) is 5.82 Å². The van der Waals surface area contributed by atoms with Gasteiger partial charge in [-0.2, -0.15) is 13.2 Å². The summed E-state index contributed by atoms with van der Waals surface area (Å²) in [6.07, 6.45) is -2.86. The lowest BCUT2D eigenvalue weighted by atomic mass is 10.2. The molecule has 0 aromatic carbocycles. The molecule has 0 bridgehead atoms. The van der Waals surface area contributed by atoms with Crippen LogP contribution in [0.15, 0.2) is 33.9 Å². The minimum Gasteiger partial charge on any atom is -0.349 e. The van der Waals surface area contributed by atoms with Gasteiger partial charge in [0, 0.05) is 16.9 Å². The van der Waals surface area contributed by atoms with Crippen molar-refractivity contribution in [1.29, 1.82) is 0 Å². The van der Waals surface area contributed by atoms with Crippen LogP contribution in [-0.2, 0) is 16.0 Å². The lowest BCUT2D eigenvalue weighted by Gasteiger charge is -2.08. The molecule has 3 rings (SSSR count). The molecule has 0 saturated heterocycles. The number of nitrogens with zero attached hydrogens (tertiary/aromatic N) is 2. The number of hydrogen-bond donors (Lipinski definition) is 1. The number of aromatic amines is 1. The van der Waals surface area contributed by atoms with Gasteiger partial charge < -0.3 is 4.98 Å². The molecular weight excluding hydrogens is 442 g/mol. The van der Waals surface area contributed by atoms with Gasteiger partial charge in [0.1, 0.15) is 16.9 Å². The van der Waals surface area contributed by atoms with E-state index in [0.717, 1.165) is 0 Å². The number of hydrogen-bond acceptors (Lipinski definition) is 4. The van der Waals surface area contributed by atoms with Gasteiger partial charge in [-0.1, -0.05) is 6.92 Å². The number of halogens is 5. The van der Waals surface area contributed by atoms with Gasteiger partial charge in [0.2, 0.25) is 0 Å². The fourth-order valence-corrected chi connectivity index (χ4v) is 3.91. The summed E-state index contributed by atoms with van der Waals surface area (Å²) in [6, 6.07) is 1.97. The maximum Gasteiger partial charge on any atom is 0.417 e. The van der Waals surface area contributed by atoms with Crippen LogP contribution in [0.1, 0.15) is 12.5 Å². The third kappa shape index (κ3) is 3.20. The fourth-order valence-electron chi connectivity index (χ4n) is 2.36. The highest BCUT2D eigenvalue weighted by Gasteiger charge is 2.32. The first kappa shape index (κ1) is 18.8. The van der Waals surface area contributed by atoms with Crippen molar-refractivity contribution in [3.8, 4) is 11.4 Å². The monoisotopic (exact) mass is 451 g/mol. The van der Waals surface area contributed by atoms with Gasteiger partial charge in [-0.25, -0.2) is 12.8 Å². The van der Waals surface area contributed by atoms with E-state index < -0.39 is 27.4 Å². The summed E-state index contributed by atoms with van der Waals surface area (Å²) in [6.45, 7) is 1.42. The minimum atomic E-state index is -4.64. The first-order valence-electron chi connectivity index (χ1n) is 7.17. The normalized spacial score (nSPS) is 12.7. The Morgan fingerprint density at radius 1 is 1.19 bits per heavy atom. The number of H-pyrrole nitrogens is 1. The maximum atomic E-state index is 14.7. The summed E-state index contributed by atoms with van der Waals surface area (Å²) < 4.78 is 78.1. The highest BCUT2D eigenvalue weighted by molar-refractivity contribution is 9.10. The number of sulfone groups is 1. The van der Waals surface area contributed by atoms with Crippen molar-refractivity contribution in [3.05, 3.63) is 40.4 Å². The van der Waals surface area contributed by atoms with Gasteiger partial charge >= 0.3 is 6.18 Å². The quantitative estimate of drug-likeness (QED) is 0.601. The molecule has 0 aliphatic rings. The molecule has 0 saturated carbocycles. The molecule has 11 heteroatoms. The average Bonchev–Trinajstić information content (AvgIpc) is 2.90. The Kier molecular flexibility index (Phi) is 4.55. The Morgan fingerprint density at radius 2 is 1.88 bits per heavy atom. The van der Waals surface area contributed by atoms with E-state index in [4.69, 9.17) is 0 Å². The first-order chi connectivity index (χ1) is 12.0. The van der Waals surface area contributed by atoms with Crippen LogP contribution in [0.2, 0.25) is 0 Å². The Bertz CT molecular complexity index is 1110. The molecule has 0 aliphatic carbocycles. The number of pyridine rings is 2. The standard InChI is InChI=1S/C15H10BrF4N3O2S/c1-2-26(24,25)10-4-8(16)6-22-13(10)14-11(17)12-9(23-14)3-7(5-21-12)15(18,19)20/h3-6,23H,2H2,1H3. The molecule has 1 N–H and O–H groups in total. The third-order valence-electron chi connectivity index (χ3n) is 3.67. The summed E-state index contributed by atoms with van der Waals surface area (Å²) in [5.74, 6) is -1.23. The smallest absolute Gasteiger partial charge is 0.349 e. The van der Waals surface area contributed by atoms with Crippen molar-refractivity contribution in [2.45, 2.75) is 18.0 Å². The molecule has 3 aromatic heterocycles. The van der Waals surface area contributed by atoms with Gasteiger partial charge in [-0.05, 0) is 28.1 Å². The van der Waals surface area contributed by atoms with Crippen molar-refractivity contribution in [2.75, 3.05) is 5.75 Å². The molecule has 3 heterocycles. The van der Waals surface area contributed by atoms with E-state index in [-0.39, 0.29) is 33.1 Å². The zero-order chi connectivity index (χ0) is 19.3. The van der Waals surface area contributed by atoms with E-state index in [2.05, 4.69) is 30.9 Å². The minimum absolute atomic E-state index is 0.211. The molecule has 0 fully saturated rings. The predicted octanol–water partition coefficient (Wildman–Crippen LogP) is 4.34. The van der Waals surface area contributed by atoms with Crippen LogP contribution in [0.3, 0.4) is 0 Å². The van der Waals surface area contributed by atoms with Gasteiger partial charge in [0.15, 0.2) is 15.7 Å². The van der Waals surface area contributed by atoms with E-state index >= 15 is 0 Å². The second kappa shape index (κ2) is 6.31. The van der Waals surface area contributed by atoms with E-state index in [1.807, 2.05) is 0 Å². The zero-order valence-electron chi connectivity index (χ0n) is 13.0. The fraction of sp³-hybridized carbons (Fsp3) is 0.200. The summed E-state index contributed by atoms with van der Waals surface area (Å²) in [5.41, 5.74) is -2.16. The summed E-state index contributed by atoms with van der Waals surface area (Å²) in [4.78, 5) is 9.68. The van der Waals surface area contributed by atoms with E-state index in [1.165, 1.54) is 19.2 Å². The van der Waals surface area contributed by atoms with Crippen LogP contribution < -0.4 is 0 Å². The highest BCUT2D eigenvalue weighted by atomic mass is 79.9. The van der Waals surface area contributed by atoms with Crippen molar-refractivity contribution in [3.63, 3.8) is 0 Å². The molecule has 0 aliphatic heterocycles. The Labute approximate surface area is 153 Å². The average molecular weight is 452 g/mol. The van der Waals surface area contributed by atoms with E-state index in [1.54, 1.807) is 0 Å². The van der Waals surface area contributed by atoms with Gasteiger partial charge in [0.25, 0.3) is 0 Å². The predicted molar refractivity (Wildman–Crippen MR) is 89.7 cm³/mol. The third-order valence-corrected chi connectivity index (χ3v) is 5.85. The SMILES string of the molecule is CCS(=O)(=O)c1cc(Br)cnc1-c1[nH]c2cc(C(F)(F)F)cnc2c1F. The molecule has 0 unspecified atom stereocenters. The van der Waals surface area contributed by atoms with Gasteiger partial charge in [-0.15, -0.1) is 0 Å². The van der Waals surface area contributed by atoms with Gasteiger partial charge in [0.05, 0.1) is 21.7 Å². The van der Waals surface area contributed by atoms with E-state index in [0.29, 0.717) is 16.7 Å². The second-order valence-corrected chi connectivity index (χ2v) is 8.50. The topological polar surface area (TPSA) is 75.7 Å². The molecule has 0 amide bonds. The Balaban J connectivity index is 2.29. The first-order valence-corrected chi connectivity index (χ1v) is 9.62. The zero-order valence-corrected chi connectivity index (χ0v) is 15.4. The molecule has 26 heavy (non-hydrogen) atoms. The molecule has 0 spiro atoms. The molecule has 138 valence electrons. The van der Waals surface area contributed by atoms with E-state index in [9.17, 15) is 26.0 Å². The molecular formula is C15H10BrF4N3O2S. The van der Waals surface area contributed by atoms with Crippen LogP contribution >= 0.6 is 15.9 Å². The summed E-state index contributed by atoms with van der Waals surface area (Å²) >= 11 is 3.11. The summed E-state index contributed by atoms with van der Waals surface area (Å²) in [7, 11) is -3.76. The number of nitrogens with one attached hydrogen (secondary N) is 1. The molecule has 5 nitrogen and oxygen atoms in total. The number of fused-ring (bicyclic) bond motifs is 1. The Hall–Kier alpha value is -2.01. The summed E-state index contributed by atoms with van der Waals surface area (Å²) in [5, 5.41) is 0. The van der Waals surface area contributed by atoms with Crippen LogP contribution in [0.4, 0.5) is 17.6 Å². The van der Waals surface area contributed by atoms with Gasteiger partial charge in [-0.3, -0.25) is 9.97 Å². The lowest BCUT2D eigenvalue weighted by molar-refractivity contribution is -0.137. The van der Waals surface area contributed by atoms with Crippen molar-refractivity contribution in [2.24, 2.45) is 0 Å². The second-order valence-electron chi connectivity index (χ2n) is 5.34. The van der Waals surface area contributed by atoms with Crippen LogP contribution in [0.25, 0.3) is 22.4 Å². The highest BCUT2D eigenvalue weighted by Crippen LogP contribution is 2.35.